The van der Waals surface area contributed by atoms with Gasteiger partial charge in [0.1, 0.15) is 16.4 Å². The maximum absolute atomic E-state index is 13.2. The number of nitrogens with one attached hydrogen (secondary N) is 1. The third-order valence-electron chi connectivity index (χ3n) is 4.83. The van der Waals surface area contributed by atoms with E-state index in [-0.39, 0.29) is 10.5 Å². The van der Waals surface area contributed by atoms with Crippen LogP contribution in [0.2, 0.25) is 0 Å². The molecule has 0 aliphatic heterocycles. The van der Waals surface area contributed by atoms with Crippen molar-refractivity contribution in [3.05, 3.63) is 78.4 Å². The van der Waals surface area contributed by atoms with Crippen LogP contribution in [-0.2, 0) is 19.6 Å². The third kappa shape index (κ3) is 5.65. The average Bonchev–Trinajstić information content (AvgIpc) is 2.86. The van der Waals surface area contributed by atoms with E-state index in [1.807, 2.05) is 0 Å². The Kier molecular flexibility index (Phi) is 7.75. The molecule has 0 aliphatic carbocycles. The second-order valence-corrected chi connectivity index (χ2v) is 8.97. The lowest BCUT2D eigenvalue weighted by Gasteiger charge is -2.20. The largest absolute Gasteiger partial charge is 0.497 e. The van der Waals surface area contributed by atoms with Gasteiger partial charge in [-0.2, -0.15) is 0 Å². The molecule has 3 rings (SSSR count). The molecular formula is C24H24N2O7S. The number of sulfonamides is 1. The fraction of sp³-hybridized carbons (Fsp3) is 0.167. The van der Waals surface area contributed by atoms with Crippen molar-refractivity contribution in [1.29, 1.82) is 0 Å². The summed E-state index contributed by atoms with van der Waals surface area (Å²) in [5.74, 6) is -0.633. The number of hydrogen-bond donors (Lipinski definition) is 1. The lowest BCUT2D eigenvalue weighted by Crippen LogP contribution is -2.28. The van der Waals surface area contributed by atoms with E-state index in [9.17, 15) is 18.0 Å². The van der Waals surface area contributed by atoms with Crippen molar-refractivity contribution in [2.45, 2.75) is 4.90 Å². The summed E-state index contributed by atoms with van der Waals surface area (Å²) >= 11 is 0. The van der Waals surface area contributed by atoms with Gasteiger partial charge in [0.05, 0.1) is 25.5 Å². The molecule has 0 aliphatic rings. The summed E-state index contributed by atoms with van der Waals surface area (Å²) in [5.41, 5.74) is 0.629. The van der Waals surface area contributed by atoms with Gasteiger partial charge in [-0.3, -0.25) is 9.10 Å². The number of carbonyl (C=O) groups is 2. The van der Waals surface area contributed by atoms with Crippen LogP contribution in [0.1, 0.15) is 10.4 Å². The second-order valence-electron chi connectivity index (χ2n) is 7.03. The maximum Gasteiger partial charge on any atom is 0.340 e. The van der Waals surface area contributed by atoms with Gasteiger partial charge in [0.25, 0.3) is 15.9 Å². The van der Waals surface area contributed by atoms with Gasteiger partial charge in [-0.05, 0) is 24.3 Å². The Bertz CT molecular complexity index is 1260. The highest BCUT2D eigenvalue weighted by Crippen LogP contribution is 2.26. The van der Waals surface area contributed by atoms with Crippen molar-refractivity contribution in [3.63, 3.8) is 0 Å². The first kappa shape index (κ1) is 24.6. The quantitative estimate of drug-likeness (QED) is 0.464. The number of methoxy groups -OCH3 is 2. The van der Waals surface area contributed by atoms with Gasteiger partial charge < -0.3 is 19.5 Å². The summed E-state index contributed by atoms with van der Waals surface area (Å²) in [4.78, 5) is 24.8. The topological polar surface area (TPSA) is 111 Å². The number of nitrogens with zero attached hydrogens (tertiary/aromatic N) is 1. The molecule has 0 bridgehead atoms. The van der Waals surface area contributed by atoms with E-state index in [4.69, 9.17) is 14.2 Å². The molecule has 0 fully saturated rings. The molecule has 0 atom stereocenters. The SMILES string of the molecule is COc1cc(NC(=O)COC(=O)c2ccccc2S(=O)(=O)N(C)c2ccccc2)cc(OC)c1. The highest BCUT2D eigenvalue weighted by atomic mass is 32.2. The zero-order chi connectivity index (χ0) is 24.7. The van der Waals surface area contributed by atoms with Crippen molar-refractivity contribution < 1.29 is 32.2 Å². The van der Waals surface area contributed by atoms with Crippen LogP contribution in [0, 0.1) is 0 Å². The summed E-state index contributed by atoms with van der Waals surface area (Å²) in [6.07, 6.45) is 0. The lowest BCUT2D eigenvalue weighted by atomic mass is 10.2. The molecular weight excluding hydrogens is 460 g/mol. The van der Waals surface area contributed by atoms with E-state index in [1.54, 1.807) is 48.5 Å². The normalized spacial score (nSPS) is 10.8. The third-order valence-corrected chi connectivity index (χ3v) is 6.68. The minimum Gasteiger partial charge on any atom is -0.497 e. The van der Waals surface area contributed by atoms with E-state index >= 15 is 0 Å². The first-order valence-corrected chi connectivity index (χ1v) is 11.5. The summed E-state index contributed by atoms with van der Waals surface area (Å²) in [6.45, 7) is -0.624. The van der Waals surface area contributed by atoms with Gasteiger partial charge in [-0.15, -0.1) is 0 Å². The van der Waals surface area contributed by atoms with Gasteiger partial charge in [0.15, 0.2) is 6.61 Å². The number of hydrogen-bond acceptors (Lipinski definition) is 7. The van der Waals surface area contributed by atoms with Crippen LogP contribution in [0.3, 0.4) is 0 Å². The summed E-state index contributed by atoms with van der Waals surface area (Å²) in [6, 6.07) is 18.9. The fourth-order valence-electron chi connectivity index (χ4n) is 3.07. The molecule has 9 nitrogen and oxygen atoms in total. The molecule has 1 amide bonds. The predicted octanol–water partition coefficient (Wildman–Crippen LogP) is 3.32. The standard InChI is InChI=1S/C24H24N2O7S/c1-26(18-9-5-4-6-10-18)34(29,30)22-12-8-7-11-21(22)24(28)33-16-23(27)25-17-13-19(31-2)15-20(14-17)32-3/h4-15H,16H2,1-3H3,(H,25,27). The summed E-state index contributed by atoms with van der Waals surface area (Å²) in [7, 11) is 0.276. The monoisotopic (exact) mass is 484 g/mol. The van der Waals surface area contributed by atoms with E-state index in [0.29, 0.717) is 22.9 Å². The van der Waals surface area contributed by atoms with Crippen LogP contribution in [0.25, 0.3) is 0 Å². The van der Waals surface area contributed by atoms with Crippen molar-refractivity contribution in [1.82, 2.24) is 0 Å². The Balaban J connectivity index is 1.74. The minimum absolute atomic E-state index is 0.180. The molecule has 3 aromatic rings. The Hall–Kier alpha value is -4.05. The molecule has 178 valence electrons. The molecule has 10 heteroatoms. The first-order chi connectivity index (χ1) is 16.3. The Morgan fingerprint density at radius 1 is 0.882 bits per heavy atom. The van der Waals surface area contributed by atoms with Crippen LogP contribution < -0.4 is 19.1 Å². The van der Waals surface area contributed by atoms with Gasteiger partial charge >= 0.3 is 5.97 Å². The number of benzene rings is 3. The molecule has 0 heterocycles. The molecule has 34 heavy (non-hydrogen) atoms. The van der Waals surface area contributed by atoms with Gasteiger partial charge in [0.2, 0.25) is 0 Å². The van der Waals surface area contributed by atoms with Gasteiger partial charge in [-0.1, -0.05) is 30.3 Å². The molecule has 0 aromatic heterocycles. The van der Waals surface area contributed by atoms with Crippen LogP contribution in [-0.4, -0.2) is 48.2 Å². The van der Waals surface area contributed by atoms with E-state index in [2.05, 4.69) is 5.32 Å². The number of rotatable bonds is 9. The van der Waals surface area contributed by atoms with Crippen LogP contribution >= 0.6 is 0 Å². The van der Waals surface area contributed by atoms with Crippen molar-refractivity contribution >= 4 is 33.3 Å². The predicted molar refractivity (Wildman–Crippen MR) is 127 cm³/mol. The van der Waals surface area contributed by atoms with Crippen LogP contribution in [0.15, 0.2) is 77.7 Å². The Morgan fingerprint density at radius 3 is 2.09 bits per heavy atom. The maximum atomic E-state index is 13.2. The second kappa shape index (κ2) is 10.7. The number of anilines is 2. The number of esters is 1. The van der Waals surface area contributed by atoms with Crippen molar-refractivity contribution in [3.8, 4) is 11.5 Å². The van der Waals surface area contributed by atoms with E-state index in [1.165, 1.54) is 45.5 Å². The smallest absolute Gasteiger partial charge is 0.340 e. The first-order valence-electron chi connectivity index (χ1n) is 10.1. The number of carbonyl (C=O) groups excluding carboxylic acids is 2. The number of ether oxygens (including phenoxy) is 3. The highest BCUT2D eigenvalue weighted by Gasteiger charge is 2.27. The van der Waals surface area contributed by atoms with E-state index in [0.717, 1.165) is 4.31 Å². The molecule has 0 unspecified atom stereocenters. The fourth-order valence-corrected chi connectivity index (χ4v) is 4.44. The number of amides is 1. The molecule has 0 saturated carbocycles. The average molecular weight is 485 g/mol. The molecule has 1 N–H and O–H groups in total. The highest BCUT2D eigenvalue weighted by molar-refractivity contribution is 7.92. The summed E-state index contributed by atoms with van der Waals surface area (Å²) in [5, 5.41) is 2.58. The van der Waals surface area contributed by atoms with Crippen molar-refractivity contribution in [2.24, 2.45) is 0 Å². The van der Waals surface area contributed by atoms with Gasteiger partial charge in [0, 0.05) is 30.9 Å². The zero-order valence-corrected chi connectivity index (χ0v) is 19.7. The van der Waals surface area contributed by atoms with Crippen LogP contribution in [0.5, 0.6) is 11.5 Å². The van der Waals surface area contributed by atoms with E-state index < -0.39 is 28.5 Å². The molecule has 3 aromatic carbocycles. The molecule has 0 spiro atoms. The molecule has 0 saturated heterocycles. The zero-order valence-electron chi connectivity index (χ0n) is 18.8. The Labute approximate surface area is 197 Å². The minimum atomic E-state index is -4.07. The van der Waals surface area contributed by atoms with Crippen molar-refractivity contribution in [2.75, 3.05) is 37.5 Å². The van der Waals surface area contributed by atoms with Crippen LogP contribution in [0.4, 0.5) is 11.4 Å². The van der Waals surface area contributed by atoms with Gasteiger partial charge in [-0.25, -0.2) is 13.2 Å². The molecule has 0 radical (unpaired) electrons. The Morgan fingerprint density at radius 2 is 1.47 bits per heavy atom. The summed E-state index contributed by atoms with van der Waals surface area (Å²) < 4.78 is 42.8. The lowest BCUT2D eigenvalue weighted by molar-refractivity contribution is -0.119. The number of para-hydroxylation sites is 1.